The Morgan fingerprint density at radius 2 is 0.930 bits per heavy atom. The minimum absolute atomic E-state index is 0.647. The number of aliphatic hydroxyl groups excluding tert-OH is 10. The standard InChI is InChI=1S/C25H45NO17/c1-6-11(26)21(42-23-18(35)15(32)12(29)7(2)38-23)20(10(5-28)37-6)41-25-22(17(34)14(31)9(4-27)40-25)43-24-19(36)16(33)13(30)8(3)39-24/h6-25,27-36H,4-5,26H2,1-3H3/t6-,7?,8?,9?,10?,11?,12+,13+,14-,15?,16?,17?,18?,19?,20-,21?,22?,23-,24-,25-/m0/s1. The highest BCUT2D eigenvalue weighted by Crippen LogP contribution is 2.34. The van der Waals surface area contributed by atoms with Crippen LogP contribution >= 0.6 is 0 Å². The highest BCUT2D eigenvalue weighted by molar-refractivity contribution is 4.99. The largest absolute Gasteiger partial charge is 0.394 e. The van der Waals surface area contributed by atoms with E-state index in [9.17, 15) is 51.1 Å². The molecule has 4 rings (SSSR count). The minimum Gasteiger partial charge on any atom is -0.394 e. The fourth-order valence-corrected chi connectivity index (χ4v) is 5.65. The van der Waals surface area contributed by atoms with Gasteiger partial charge in [-0.05, 0) is 20.8 Å². The normalized spacial score (nSPS) is 54.8. The Morgan fingerprint density at radius 3 is 1.42 bits per heavy atom. The first-order valence-electron chi connectivity index (χ1n) is 14.2. The molecule has 0 aromatic heterocycles. The smallest absolute Gasteiger partial charge is 0.187 e. The number of nitrogens with two attached hydrogens (primary N) is 1. The molecule has 4 heterocycles. The Morgan fingerprint density at radius 1 is 0.465 bits per heavy atom. The van der Waals surface area contributed by atoms with E-state index in [2.05, 4.69) is 0 Å². The second-order valence-corrected chi connectivity index (χ2v) is 11.5. The molecule has 18 heteroatoms. The molecule has 0 saturated carbocycles. The highest BCUT2D eigenvalue weighted by Gasteiger charge is 2.54. The molecule has 0 amide bonds. The molecule has 4 saturated heterocycles. The van der Waals surface area contributed by atoms with Crippen molar-refractivity contribution in [3.05, 3.63) is 0 Å². The van der Waals surface area contributed by atoms with Crippen LogP contribution < -0.4 is 5.73 Å². The lowest BCUT2D eigenvalue weighted by Gasteiger charge is -2.50. The van der Waals surface area contributed by atoms with E-state index in [-0.39, 0.29) is 0 Å². The van der Waals surface area contributed by atoms with Crippen molar-refractivity contribution in [3.63, 3.8) is 0 Å². The molecule has 0 aromatic rings. The van der Waals surface area contributed by atoms with Crippen LogP contribution in [0.25, 0.3) is 0 Å². The Balaban J connectivity index is 1.62. The maximum atomic E-state index is 11.0. The van der Waals surface area contributed by atoms with Gasteiger partial charge in [-0.3, -0.25) is 0 Å². The summed E-state index contributed by atoms with van der Waals surface area (Å²) in [5, 5.41) is 103. The second-order valence-electron chi connectivity index (χ2n) is 11.5. The first kappa shape index (κ1) is 35.1. The van der Waals surface area contributed by atoms with Crippen molar-refractivity contribution >= 4 is 0 Å². The Hall–Kier alpha value is -0.720. The molecule has 0 aliphatic carbocycles. The molecule has 12 unspecified atom stereocenters. The lowest BCUT2D eigenvalue weighted by Crippen LogP contribution is -2.68. The number of ether oxygens (including phenoxy) is 7. The maximum absolute atomic E-state index is 11.0. The van der Waals surface area contributed by atoms with E-state index in [1.165, 1.54) is 13.8 Å². The van der Waals surface area contributed by atoms with Gasteiger partial charge in [0.1, 0.15) is 79.4 Å². The van der Waals surface area contributed by atoms with Gasteiger partial charge in [-0.15, -0.1) is 0 Å². The van der Waals surface area contributed by atoms with Gasteiger partial charge in [-0.1, -0.05) is 0 Å². The molecule has 12 N–H and O–H groups in total. The lowest BCUT2D eigenvalue weighted by molar-refractivity contribution is -0.385. The molecular formula is C25H45NO17. The van der Waals surface area contributed by atoms with Gasteiger partial charge in [-0.25, -0.2) is 0 Å². The van der Waals surface area contributed by atoms with Crippen LogP contribution in [-0.2, 0) is 33.2 Å². The number of aliphatic hydroxyl groups is 10. The van der Waals surface area contributed by atoms with E-state index in [4.69, 9.17) is 38.9 Å². The zero-order chi connectivity index (χ0) is 31.9. The molecule has 43 heavy (non-hydrogen) atoms. The van der Waals surface area contributed by atoms with Crippen molar-refractivity contribution in [2.75, 3.05) is 13.2 Å². The molecule has 0 radical (unpaired) electrons. The van der Waals surface area contributed by atoms with Crippen molar-refractivity contribution in [2.45, 2.75) is 143 Å². The summed E-state index contributed by atoms with van der Waals surface area (Å²) < 4.78 is 40.3. The lowest BCUT2D eigenvalue weighted by atomic mass is 9.92. The summed E-state index contributed by atoms with van der Waals surface area (Å²) in [5.74, 6) is 0. The van der Waals surface area contributed by atoms with Crippen LogP contribution in [0.5, 0.6) is 0 Å². The summed E-state index contributed by atoms with van der Waals surface area (Å²) in [4.78, 5) is 0. The molecule has 0 bridgehead atoms. The van der Waals surface area contributed by atoms with E-state index in [0.717, 1.165) is 0 Å². The van der Waals surface area contributed by atoms with Gasteiger partial charge in [0, 0.05) is 0 Å². The molecule has 4 fully saturated rings. The Bertz CT molecular complexity index is 891. The summed E-state index contributed by atoms with van der Waals surface area (Å²) in [6.07, 6.45) is -27.7. The summed E-state index contributed by atoms with van der Waals surface area (Å²) in [5.41, 5.74) is 6.38. The van der Waals surface area contributed by atoms with Crippen LogP contribution in [0.2, 0.25) is 0 Å². The van der Waals surface area contributed by atoms with E-state index >= 15 is 0 Å². The predicted octanol–water partition coefficient (Wildman–Crippen LogP) is -6.66. The summed E-state index contributed by atoms with van der Waals surface area (Å²) in [6.45, 7) is 3.03. The van der Waals surface area contributed by atoms with Crippen LogP contribution in [-0.4, -0.2) is 187 Å². The fourth-order valence-electron chi connectivity index (χ4n) is 5.65. The SMILES string of the molecule is CC1O[C@@H](OC2C(O)[C@@H](O)C(CO)O[C@H]2O[C@H]2C(CO)O[C@@H](C)C(N)C2O[C@@H]2OC(C)[C@@H](O)C(O)C2O)C(O)C(O)[C@@H]1O. The van der Waals surface area contributed by atoms with Gasteiger partial charge in [0.25, 0.3) is 0 Å². The predicted molar refractivity (Wildman–Crippen MR) is 136 cm³/mol. The third-order valence-electron chi connectivity index (χ3n) is 8.50. The summed E-state index contributed by atoms with van der Waals surface area (Å²) in [7, 11) is 0. The van der Waals surface area contributed by atoms with Crippen LogP contribution in [0, 0.1) is 0 Å². The first-order valence-corrected chi connectivity index (χ1v) is 14.2. The van der Waals surface area contributed by atoms with Gasteiger partial charge in [0.15, 0.2) is 18.9 Å². The molecule has 4 aliphatic rings. The fraction of sp³-hybridized carbons (Fsp3) is 1.00. The van der Waals surface area contributed by atoms with Crippen LogP contribution in [0.3, 0.4) is 0 Å². The van der Waals surface area contributed by atoms with E-state index in [1.54, 1.807) is 6.92 Å². The van der Waals surface area contributed by atoms with Crippen molar-refractivity contribution < 1.29 is 84.2 Å². The van der Waals surface area contributed by atoms with Gasteiger partial charge in [0.2, 0.25) is 0 Å². The quantitative estimate of drug-likeness (QED) is 0.119. The number of hydrogen-bond donors (Lipinski definition) is 11. The zero-order valence-electron chi connectivity index (χ0n) is 23.9. The van der Waals surface area contributed by atoms with Crippen LogP contribution in [0.15, 0.2) is 0 Å². The van der Waals surface area contributed by atoms with Gasteiger partial charge in [-0.2, -0.15) is 0 Å². The third kappa shape index (κ3) is 7.02. The molecular weight excluding hydrogens is 586 g/mol. The van der Waals surface area contributed by atoms with E-state index in [1.807, 2.05) is 0 Å². The molecule has 252 valence electrons. The van der Waals surface area contributed by atoms with Crippen molar-refractivity contribution in [1.82, 2.24) is 0 Å². The highest BCUT2D eigenvalue weighted by atomic mass is 16.8. The van der Waals surface area contributed by atoms with Crippen LogP contribution in [0.4, 0.5) is 0 Å². The second kappa shape index (κ2) is 14.4. The summed E-state index contributed by atoms with van der Waals surface area (Å²) >= 11 is 0. The number of rotatable bonds is 8. The molecule has 4 aliphatic heterocycles. The molecule has 0 aromatic carbocycles. The van der Waals surface area contributed by atoms with Crippen LogP contribution in [0.1, 0.15) is 20.8 Å². The van der Waals surface area contributed by atoms with E-state index in [0.29, 0.717) is 0 Å². The maximum Gasteiger partial charge on any atom is 0.187 e. The average molecular weight is 632 g/mol. The molecule has 0 spiro atoms. The average Bonchev–Trinajstić information content (AvgIpc) is 2.98. The van der Waals surface area contributed by atoms with Gasteiger partial charge < -0.3 is 90.0 Å². The summed E-state index contributed by atoms with van der Waals surface area (Å²) in [6, 6.07) is -1.00. The van der Waals surface area contributed by atoms with Gasteiger partial charge >= 0.3 is 0 Å². The van der Waals surface area contributed by atoms with Crippen molar-refractivity contribution in [3.8, 4) is 0 Å². The molecule has 20 atom stereocenters. The topological polar surface area (TPSA) is 293 Å². The Labute approximate surface area is 247 Å². The number of hydrogen-bond acceptors (Lipinski definition) is 18. The van der Waals surface area contributed by atoms with Gasteiger partial charge in [0.05, 0.1) is 37.6 Å². The van der Waals surface area contributed by atoms with E-state index < -0.39 is 136 Å². The van der Waals surface area contributed by atoms with Crippen molar-refractivity contribution in [1.29, 1.82) is 0 Å². The Kier molecular flexibility index (Phi) is 11.7. The van der Waals surface area contributed by atoms with Crippen molar-refractivity contribution in [2.24, 2.45) is 5.73 Å². The zero-order valence-corrected chi connectivity index (χ0v) is 23.9. The monoisotopic (exact) mass is 631 g/mol. The molecule has 18 nitrogen and oxygen atoms in total. The third-order valence-corrected chi connectivity index (χ3v) is 8.50. The first-order chi connectivity index (χ1) is 20.2. The minimum atomic E-state index is -1.82.